The summed E-state index contributed by atoms with van der Waals surface area (Å²) >= 11 is 0. The van der Waals surface area contributed by atoms with Crippen LogP contribution in [-0.4, -0.2) is 23.7 Å². The van der Waals surface area contributed by atoms with Gasteiger partial charge in [-0.1, -0.05) is 30.3 Å². The Morgan fingerprint density at radius 3 is 2.75 bits per heavy atom. The van der Waals surface area contributed by atoms with Gasteiger partial charge in [0.1, 0.15) is 0 Å². The lowest BCUT2D eigenvalue weighted by atomic mass is 9.95. The van der Waals surface area contributed by atoms with Crippen LogP contribution in [0.3, 0.4) is 0 Å². The molecule has 0 radical (unpaired) electrons. The molecule has 0 bridgehead atoms. The van der Waals surface area contributed by atoms with Crippen molar-refractivity contribution in [3.8, 4) is 0 Å². The van der Waals surface area contributed by atoms with Crippen molar-refractivity contribution in [2.45, 2.75) is 25.3 Å². The van der Waals surface area contributed by atoms with Gasteiger partial charge in [0.05, 0.1) is 0 Å². The third kappa shape index (κ3) is 2.61. The van der Waals surface area contributed by atoms with Gasteiger partial charge < -0.3 is 10.4 Å². The van der Waals surface area contributed by atoms with Crippen LogP contribution in [0.1, 0.15) is 18.4 Å². The second-order valence-electron chi connectivity index (χ2n) is 4.34. The number of amides is 1. The van der Waals surface area contributed by atoms with E-state index in [9.17, 15) is 4.79 Å². The molecule has 1 aromatic rings. The maximum atomic E-state index is 11.7. The van der Waals surface area contributed by atoms with Gasteiger partial charge in [-0.05, 0) is 24.8 Å². The lowest BCUT2D eigenvalue weighted by Gasteiger charge is -2.07. The third-order valence-corrected chi connectivity index (χ3v) is 3.09. The molecule has 2 rings (SSSR count). The molecule has 16 heavy (non-hydrogen) atoms. The summed E-state index contributed by atoms with van der Waals surface area (Å²) in [4.78, 5) is 11.7. The molecule has 1 amide bonds. The lowest BCUT2D eigenvalue weighted by Crippen LogP contribution is -2.27. The molecule has 0 aromatic heterocycles. The molecule has 1 fully saturated rings. The van der Waals surface area contributed by atoms with E-state index in [1.165, 1.54) is 5.56 Å². The first kappa shape index (κ1) is 11.1. The Labute approximate surface area is 95.5 Å². The minimum Gasteiger partial charge on any atom is -0.396 e. The zero-order chi connectivity index (χ0) is 11.4. The highest BCUT2D eigenvalue weighted by molar-refractivity contribution is 5.81. The molecule has 1 saturated heterocycles. The summed E-state index contributed by atoms with van der Waals surface area (Å²) in [5.41, 5.74) is 1.20. The molecule has 1 aliphatic rings. The summed E-state index contributed by atoms with van der Waals surface area (Å²) in [6.07, 6.45) is 2.31. The Kier molecular flexibility index (Phi) is 3.57. The molecule has 0 spiro atoms. The van der Waals surface area contributed by atoms with Crippen molar-refractivity contribution in [2.75, 3.05) is 6.61 Å². The van der Waals surface area contributed by atoms with Crippen molar-refractivity contribution in [3.63, 3.8) is 0 Å². The topological polar surface area (TPSA) is 49.3 Å². The van der Waals surface area contributed by atoms with Gasteiger partial charge in [0.15, 0.2) is 0 Å². The van der Waals surface area contributed by atoms with Crippen LogP contribution in [0.2, 0.25) is 0 Å². The predicted molar refractivity (Wildman–Crippen MR) is 61.9 cm³/mol. The number of aliphatic hydroxyl groups is 1. The average molecular weight is 219 g/mol. The normalized spacial score (nSPS) is 24.4. The Bertz CT molecular complexity index is 350. The van der Waals surface area contributed by atoms with Gasteiger partial charge in [0.25, 0.3) is 0 Å². The standard InChI is InChI=1S/C13H17NO2/c15-7-6-12-9-11(13(16)14-12)8-10-4-2-1-3-5-10/h1-5,11-12,15H,6-9H2,(H,14,16)/t11?,12-/m1/s1. The average Bonchev–Trinajstić information content (AvgIpc) is 2.61. The second kappa shape index (κ2) is 5.12. The van der Waals surface area contributed by atoms with Gasteiger partial charge in [-0.3, -0.25) is 4.79 Å². The highest BCUT2D eigenvalue weighted by Crippen LogP contribution is 2.21. The summed E-state index contributed by atoms with van der Waals surface area (Å²) < 4.78 is 0. The number of benzene rings is 1. The van der Waals surface area contributed by atoms with Crippen LogP contribution in [0.25, 0.3) is 0 Å². The minimum absolute atomic E-state index is 0.0685. The molecule has 2 atom stereocenters. The van der Waals surface area contributed by atoms with Crippen molar-refractivity contribution < 1.29 is 9.90 Å². The first-order valence-corrected chi connectivity index (χ1v) is 5.74. The fraction of sp³-hybridized carbons (Fsp3) is 0.462. The van der Waals surface area contributed by atoms with Gasteiger partial charge in [0.2, 0.25) is 5.91 Å². The van der Waals surface area contributed by atoms with Gasteiger partial charge in [-0.15, -0.1) is 0 Å². The van der Waals surface area contributed by atoms with Crippen molar-refractivity contribution >= 4 is 5.91 Å². The number of carbonyl (C=O) groups excluding carboxylic acids is 1. The maximum Gasteiger partial charge on any atom is 0.223 e. The first-order chi connectivity index (χ1) is 7.79. The molecule has 3 nitrogen and oxygen atoms in total. The van der Waals surface area contributed by atoms with Crippen molar-refractivity contribution in [1.29, 1.82) is 0 Å². The van der Waals surface area contributed by atoms with E-state index in [0.29, 0.717) is 6.42 Å². The smallest absolute Gasteiger partial charge is 0.223 e. The van der Waals surface area contributed by atoms with E-state index >= 15 is 0 Å². The molecule has 3 heteroatoms. The predicted octanol–water partition coefficient (Wildman–Crippen LogP) is 1.12. The lowest BCUT2D eigenvalue weighted by molar-refractivity contribution is -0.122. The molecule has 2 N–H and O–H groups in total. The molecule has 0 aliphatic carbocycles. The fourth-order valence-corrected chi connectivity index (χ4v) is 2.25. The molecule has 1 aliphatic heterocycles. The molecular weight excluding hydrogens is 202 g/mol. The molecule has 1 aromatic carbocycles. The Morgan fingerprint density at radius 1 is 1.31 bits per heavy atom. The van der Waals surface area contributed by atoms with Crippen LogP contribution in [-0.2, 0) is 11.2 Å². The zero-order valence-electron chi connectivity index (χ0n) is 9.23. The summed E-state index contributed by atoms with van der Waals surface area (Å²) in [7, 11) is 0. The number of carbonyl (C=O) groups is 1. The summed E-state index contributed by atoms with van der Waals surface area (Å²) in [5, 5.41) is 11.8. The third-order valence-electron chi connectivity index (χ3n) is 3.09. The highest BCUT2D eigenvalue weighted by atomic mass is 16.3. The second-order valence-corrected chi connectivity index (χ2v) is 4.34. The van der Waals surface area contributed by atoms with Gasteiger partial charge >= 0.3 is 0 Å². The molecule has 1 unspecified atom stereocenters. The number of hydrogen-bond donors (Lipinski definition) is 2. The van der Waals surface area contributed by atoms with Crippen LogP contribution in [0, 0.1) is 5.92 Å². The quantitative estimate of drug-likeness (QED) is 0.797. The maximum absolute atomic E-state index is 11.7. The van der Waals surface area contributed by atoms with Crippen LogP contribution < -0.4 is 5.32 Å². The Balaban J connectivity index is 1.94. The van der Waals surface area contributed by atoms with E-state index in [2.05, 4.69) is 5.32 Å². The molecular formula is C13H17NO2. The van der Waals surface area contributed by atoms with Gasteiger partial charge in [0, 0.05) is 18.6 Å². The van der Waals surface area contributed by atoms with Crippen molar-refractivity contribution in [1.82, 2.24) is 5.32 Å². The molecule has 1 heterocycles. The Morgan fingerprint density at radius 2 is 2.06 bits per heavy atom. The number of hydrogen-bond acceptors (Lipinski definition) is 2. The summed E-state index contributed by atoms with van der Waals surface area (Å²) in [5.74, 6) is 0.196. The van der Waals surface area contributed by atoms with E-state index in [1.807, 2.05) is 30.3 Å². The summed E-state index contributed by atoms with van der Waals surface area (Å²) in [6.45, 7) is 0.142. The van der Waals surface area contributed by atoms with E-state index in [1.54, 1.807) is 0 Å². The number of nitrogens with one attached hydrogen (secondary N) is 1. The number of rotatable bonds is 4. The fourth-order valence-electron chi connectivity index (χ4n) is 2.25. The molecule has 0 saturated carbocycles. The van der Waals surface area contributed by atoms with Gasteiger partial charge in [-0.25, -0.2) is 0 Å². The van der Waals surface area contributed by atoms with E-state index in [4.69, 9.17) is 5.11 Å². The van der Waals surface area contributed by atoms with E-state index < -0.39 is 0 Å². The van der Waals surface area contributed by atoms with Gasteiger partial charge in [-0.2, -0.15) is 0 Å². The highest BCUT2D eigenvalue weighted by Gasteiger charge is 2.31. The van der Waals surface area contributed by atoms with Crippen LogP contribution in [0.5, 0.6) is 0 Å². The minimum atomic E-state index is 0.0685. The first-order valence-electron chi connectivity index (χ1n) is 5.74. The monoisotopic (exact) mass is 219 g/mol. The SMILES string of the molecule is O=C1N[C@H](CCO)CC1Cc1ccccc1. The van der Waals surface area contributed by atoms with E-state index in [0.717, 1.165) is 12.8 Å². The van der Waals surface area contributed by atoms with Crippen LogP contribution in [0.4, 0.5) is 0 Å². The van der Waals surface area contributed by atoms with Crippen LogP contribution >= 0.6 is 0 Å². The van der Waals surface area contributed by atoms with E-state index in [-0.39, 0.29) is 24.5 Å². The van der Waals surface area contributed by atoms with Crippen LogP contribution in [0.15, 0.2) is 30.3 Å². The van der Waals surface area contributed by atoms with Crippen molar-refractivity contribution in [3.05, 3.63) is 35.9 Å². The Hall–Kier alpha value is -1.35. The summed E-state index contributed by atoms with van der Waals surface area (Å²) in [6, 6.07) is 10.2. The number of aliphatic hydroxyl groups excluding tert-OH is 1. The molecule has 86 valence electrons. The largest absolute Gasteiger partial charge is 0.396 e. The van der Waals surface area contributed by atoms with Crippen molar-refractivity contribution in [2.24, 2.45) is 5.92 Å². The zero-order valence-corrected chi connectivity index (χ0v) is 9.23.